The van der Waals surface area contributed by atoms with Crippen molar-refractivity contribution in [2.45, 2.75) is 18.9 Å². The van der Waals surface area contributed by atoms with Crippen LogP contribution in [-0.2, 0) is 0 Å². The zero-order chi connectivity index (χ0) is 8.10. The molecule has 1 aliphatic heterocycles. The van der Waals surface area contributed by atoms with E-state index in [0.717, 1.165) is 19.6 Å². The van der Waals surface area contributed by atoms with Gasteiger partial charge in [0.1, 0.15) is 0 Å². The van der Waals surface area contributed by atoms with Crippen molar-refractivity contribution in [3.05, 3.63) is 0 Å². The van der Waals surface area contributed by atoms with Crippen LogP contribution in [0.1, 0.15) is 12.8 Å². The molecule has 1 saturated heterocycles. The number of likely N-dealkylation sites (N-methyl/N-ethyl adjacent to an activating group) is 1. The number of hydrogen-bond donors (Lipinski definition) is 1. The van der Waals surface area contributed by atoms with E-state index < -0.39 is 0 Å². The van der Waals surface area contributed by atoms with Crippen molar-refractivity contribution in [2.24, 2.45) is 0 Å². The first kappa shape index (κ1) is 8.94. The second-order valence-corrected chi connectivity index (χ2v) is 3.12. The Bertz CT molecular complexity index is 108. The van der Waals surface area contributed by atoms with Gasteiger partial charge in [-0.3, -0.25) is 4.39 Å². The van der Waals surface area contributed by atoms with E-state index in [-0.39, 0.29) is 6.67 Å². The fourth-order valence-electron chi connectivity index (χ4n) is 1.55. The maximum atomic E-state index is 11.8. The van der Waals surface area contributed by atoms with Gasteiger partial charge < -0.3 is 10.2 Å². The summed E-state index contributed by atoms with van der Waals surface area (Å²) in [6.07, 6.45) is 1.90. The Morgan fingerprint density at radius 1 is 1.64 bits per heavy atom. The minimum atomic E-state index is -0.180. The minimum absolute atomic E-state index is 0.180. The fourth-order valence-corrected chi connectivity index (χ4v) is 1.55. The molecule has 0 radical (unpaired) electrons. The molecule has 1 fully saturated rings. The van der Waals surface area contributed by atoms with Crippen molar-refractivity contribution in [1.29, 1.82) is 0 Å². The van der Waals surface area contributed by atoms with Crippen LogP contribution in [0.2, 0.25) is 0 Å². The topological polar surface area (TPSA) is 15.3 Å². The first-order chi connectivity index (χ1) is 5.36. The molecule has 1 atom stereocenters. The molecular weight excluding hydrogens is 143 g/mol. The summed E-state index contributed by atoms with van der Waals surface area (Å²) >= 11 is 0. The van der Waals surface area contributed by atoms with Crippen molar-refractivity contribution in [3.63, 3.8) is 0 Å². The van der Waals surface area contributed by atoms with Crippen LogP contribution in [0.15, 0.2) is 0 Å². The Labute approximate surface area is 67.8 Å². The summed E-state index contributed by atoms with van der Waals surface area (Å²) in [5, 5.41) is 3.23. The second-order valence-electron chi connectivity index (χ2n) is 3.12. The van der Waals surface area contributed by atoms with Crippen LogP contribution in [0.5, 0.6) is 0 Å². The molecule has 0 aromatic rings. The summed E-state index contributed by atoms with van der Waals surface area (Å²) in [6, 6.07) is 0.634. The van der Waals surface area contributed by atoms with Crippen LogP contribution in [0.25, 0.3) is 0 Å². The Morgan fingerprint density at radius 2 is 2.45 bits per heavy atom. The summed E-state index contributed by atoms with van der Waals surface area (Å²) in [4.78, 5) is 2.32. The lowest BCUT2D eigenvalue weighted by Crippen LogP contribution is -2.30. The molecular formula is C8H17FN2. The zero-order valence-electron chi connectivity index (χ0n) is 7.15. The molecule has 1 N–H and O–H groups in total. The fraction of sp³-hybridized carbons (Fsp3) is 1.00. The predicted molar refractivity (Wildman–Crippen MR) is 44.5 cm³/mol. The number of halogens is 1. The van der Waals surface area contributed by atoms with Gasteiger partial charge in [-0.1, -0.05) is 0 Å². The molecule has 11 heavy (non-hydrogen) atoms. The molecule has 66 valence electrons. The standard InChI is InChI=1S/C8H17FN2/c1-10-8-3-6-11(7-8)5-2-4-9/h8,10H,2-7H2,1H3/t8-/m0/s1. The van der Waals surface area contributed by atoms with Gasteiger partial charge in [0.25, 0.3) is 0 Å². The molecule has 1 rings (SSSR count). The third-order valence-corrected chi connectivity index (χ3v) is 2.29. The molecule has 3 heteroatoms. The van der Waals surface area contributed by atoms with Gasteiger partial charge in [0.05, 0.1) is 6.67 Å². The van der Waals surface area contributed by atoms with Gasteiger partial charge in [-0.15, -0.1) is 0 Å². The van der Waals surface area contributed by atoms with Gasteiger partial charge in [0.2, 0.25) is 0 Å². The quantitative estimate of drug-likeness (QED) is 0.649. The number of nitrogens with one attached hydrogen (secondary N) is 1. The Morgan fingerprint density at radius 3 is 3.00 bits per heavy atom. The van der Waals surface area contributed by atoms with Crippen LogP contribution in [0.4, 0.5) is 4.39 Å². The largest absolute Gasteiger partial charge is 0.316 e. The molecule has 0 spiro atoms. The van der Waals surface area contributed by atoms with Crippen molar-refractivity contribution in [2.75, 3.05) is 33.4 Å². The van der Waals surface area contributed by atoms with E-state index in [0.29, 0.717) is 12.5 Å². The minimum Gasteiger partial charge on any atom is -0.316 e. The summed E-state index contributed by atoms with van der Waals surface area (Å²) in [5.41, 5.74) is 0. The van der Waals surface area contributed by atoms with Gasteiger partial charge >= 0.3 is 0 Å². The predicted octanol–water partition coefficient (Wildman–Crippen LogP) is 0.640. The number of rotatable bonds is 4. The molecule has 0 amide bonds. The van der Waals surface area contributed by atoms with Gasteiger partial charge in [-0.05, 0) is 26.4 Å². The van der Waals surface area contributed by atoms with Gasteiger partial charge in [0.15, 0.2) is 0 Å². The molecule has 0 unspecified atom stereocenters. The summed E-state index contributed by atoms with van der Waals surface area (Å²) in [7, 11) is 1.99. The number of hydrogen-bond acceptors (Lipinski definition) is 2. The summed E-state index contributed by atoms with van der Waals surface area (Å²) in [5.74, 6) is 0. The molecule has 2 nitrogen and oxygen atoms in total. The van der Waals surface area contributed by atoms with E-state index in [1.165, 1.54) is 6.42 Å². The van der Waals surface area contributed by atoms with E-state index in [9.17, 15) is 4.39 Å². The van der Waals surface area contributed by atoms with Gasteiger partial charge in [-0.2, -0.15) is 0 Å². The molecule has 0 aromatic carbocycles. The highest BCUT2D eigenvalue weighted by Crippen LogP contribution is 2.08. The molecule has 0 aromatic heterocycles. The highest BCUT2D eigenvalue weighted by atomic mass is 19.1. The molecule has 0 bridgehead atoms. The van der Waals surface area contributed by atoms with Crippen molar-refractivity contribution in [1.82, 2.24) is 10.2 Å². The summed E-state index contributed by atoms with van der Waals surface area (Å²) < 4.78 is 11.8. The normalized spacial score (nSPS) is 26.2. The molecule has 1 heterocycles. The maximum absolute atomic E-state index is 11.8. The van der Waals surface area contributed by atoms with Gasteiger partial charge in [0, 0.05) is 19.1 Å². The van der Waals surface area contributed by atoms with Crippen molar-refractivity contribution < 1.29 is 4.39 Å². The SMILES string of the molecule is CN[C@H]1CCN(CCCF)C1. The smallest absolute Gasteiger partial charge is 0.0906 e. The Kier molecular flexibility index (Phi) is 3.80. The molecule has 0 saturated carbocycles. The lowest BCUT2D eigenvalue weighted by molar-refractivity contribution is 0.306. The average Bonchev–Trinajstić information content (AvgIpc) is 2.48. The van der Waals surface area contributed by atoms with Crippen molar-refractivity contribution >= 4 is 0 Å². The summed E-state index contributed by atoms with van der Waals surface area (Å²) in [6.45, 7) is 2.97. The van der Waals surface area contributed by atoms with Crippen LogP contribution < -0.4 is 5.32 Å². The van der Waals surface area contributed by atoms with E-state index in [2.05, 4.69) is 10.2 Å². The number of nitrogens with zero attached hydrogens (tertiary/aromatic N) is 1. The van der Waals surface area contributed by atoms with Crippen LogP contribution in [-0.4, -0.2) is 44.3 Å². The third kappa shape index (κ3) is 2.75. The Balaban J connectivity index is 2.09. The van der Waals surface area contributed by atoms with Crippen LogP contribution >= 0.6 is 0 Å². The maximum Gasteiger partial charge on any atom is 0.0906 e. The van der Waals surface area contributed by atoms with Crippen LogP contribution in [0.3, 0.4) is 0 Å². The third-order valence-electron chi connectivity index (χ3n) is 2.29. The highest BCUT2D eigenvalue weighted by Gasteiger charge is 2.19. The average molecular weight is 160 g/mol. The van der Waals surface area contributed by atoms with Crippen molar-refractivity contribution in [3.8, 4) is 0 Å². The van der Waals surface area contributed by atoms with Gasteiger partial charge in [-0.25, -0.2) is 0 Å². The zero-order valence-corrected chi connectivity index (χ0v) is 7.15. The lowest BCUT2D eigenvalue weighted by Gasteiger charge is -2.14. The molecule has 1 aliphatic rings. The van der Waals surface area contributed by atoms with Crippen LogP contribution in [0, 0.1) is 0 Å². The first-order valence-corrected chi connectivity index (χ1v) is 4.32. The van der Waals surface area contributed by atoms with E-state index >= 15 is 0 Å². The highest BCUT2D eigenvalue weighted by molar-refractivity contribution is 4.79. The number of alkyl halides is 1. The number of likely N-dealkylation sites (tertiary alicyclic amines) is 1. The lowest BCUT2D eigenvalue weighted by atomic mass is 10.3. The van der Waals surface area contributed by atoms with E-state index in [1.807, 2.05) is 7.05 Å². The second kappa shape index (κ2) is 4.67. The van der Waals surface area contributed by atoms with E-state index in [4.69, 9.17) is 0 Å². The monoisotopic (exact) mass is 160 g/mol. The Hall–Kier alpha value is -0.150. The van der Waals surface area contributed by atoms with E-state index in [1.54, 1.807) is 0 Å². The first-order valence-electron chi connectivity index (χ1n) is 4.32. The molecule has 0 aliphatic carbocycles.